The summed E-state index contributed by atoms with van der Waals surface area (Å²) in [6.07, 6.45) is 25.7. The molecule has 0 radical (unpaired) electrons. The maximum Gasteiger partial charge on any atom is 0.115 e. The van der Waals surface area contributed by atoms with Crippen molar-refractivity contribution in [2.45, 2.75) is 173 Å². The molecule has 0 aliphatic rings. The zero-order valence-corrected chi connectivity index (χ0v) is 25.9. The minimum atomic E-state index is -0.365. The highest BCUT2D eigenvalue weighted by molar-refractivity contribution is 5.25. The van der Waals surface area contributed by atoms with Gasteiger partial charge < -0.3 is 20.1 Å². The van der Waals surface area contributed by atoms with E-state index >= 15 is 0 Å². The summed E-state index contributed by atoms with van der Waals surface area (Å²) >= 11 is 0. The van der Waals surface area contributed by atoms with Crippen LogP contribution in [-0.2, 0) is 11.2 Å². The third-order valence-corrected chi connectivity index (χ3v) is 8.52. The summed E-state index contributed by atoms with van der Waals surface area (Å²) in [5.74, 6) is 0.923. The van der Waals surface area contributed by atoms with Crippen LogP contribution in [0.3, 0.4) is 0 Å². The van der Waals surface area contributed by atoms with Crippen LogP contribution in [0.2, 0.25) is 0 Å². The average Bonchev–Trinajstić information content (AvgIpc) is 2.92. The van der Waals surface area contributed by atoms with Crippen molar-refractivity contribution < 1.29 is 20.1 Å². The van der Waals surface area contributed by atoms with Gasteiger partial charge in [0.25, 0.3) is 0 Å². The molecule has 0 saturated carbocycles. The standard InChI is InChI=1S/C35H64O4/c1-4-35(39-3)30(2)21-19-20-24-34(38)29-33(37)23-18-16-14-12-10-8-6-5-7-9-11-13-15-17-22-31-25-27-32(36)28-26-31/h25-28,30,33-38H,4-24,29H2,1-3H3/t30-,33+,34+,35+/m0/s1. The van der Waals surface area contributed by atoms with Crippen LogP contribution in [0.5, 0.6) is 5.75 Å². The van der Waals surface area contributed by atoms with E-state index in [1.165, 1.54) is 89.0 Å². The highest BCUT2D eigenvalue weighted by Crippen LogP contribution is 2.20. The smallest absolute Gasteiger partial charge is 0.115 e. The molecule has 4 nitrogen and oxygen atoms in total. The van der Waals surface area contributed by atoms with Gasteiger partial charge >= 0.3 is 0 Å². The molecule has 39 heavy (non-hydrogen) atoms. The van der Waals surface area contributed by atoms with E-state index in [4.69, 9.17) is 4.74 Å². The SMILES string of the molecule is CC[C@@H](OC)[C@@H](C)CCCC[C@@H](O)C[C@H](O)CCCCCCCCCCCCCCCCc1ccc(O)cc1. The topological polar surface area (TPSA) is 69.9 Å². The second-order valence-electron chi connectivity index (χ2n) is 12.1. The molecule has 1 rings (SSSR count). The summed E-state index contributed by atoms with van der Waals surface area (Å²) in [5.41, 5.74) is 1.33. The Bertz CT molecular complexity index is 643. The minimum absolute atomic E-state index is 0.345. The predicted octanol–water partition coefficient (Wildman–Crippen LogP) is 9.52. The van der Waals surface area contributed by atoms with Gasteiger partial charge in [-0.3, -0.25) is 0 Å². The summed E-state index contributed by atoms with van der Waals surface area (Å²) in [4.78, 5) is 0. The fourth-order valence-electron chi connectivity index (χ4n) is 5.88. The van der Waals surface area contributed by atoms with E-state index in [1.807, 2.05) is 12.1 Å². The molecule has 4 atom stereocenters. The Labute approximate surface area is 242 Å². The van der Waals surface area contributed by atoms with Crippen molar-refractivity contribution in [3.63, 3.8) is 0 Å². The number of aryl methyl sites for hydroxylation is 1. The number of phenols is 1. The number of methoxy groups -OCH3 is 1. The maximum absolute atomic E-state index is 10.3. The molecule has 0 aliphatic carbocycles. The normalized spacial score (nSPS) is 14.8. The molecule has 0 aliphatic heterocycles. The number of aromatic hydroxyl groups is 1. The molecule has 0 unspecified atom stereocenters. The van der Waals surface area contributed by atoms with Crippen LogP contribution in [0.25, 0.3) is 0 Å². The van der Waals surface area contributed by atoms with Gasteiger partial charge in [-0.2, -0.15) is 0 Å². The van der Waals surface area contributed by atoms with Gasteiger partial charge in [-0.25, -0.2) is 0 Å². The van der Waals surface area contributed by atoms with Gasteiger partial charge in [0, 0.05) is 7.11 Å². The molecule has 0 bridgehead atoms. The lowest BCUT2D eigenvalue weighted by Crippen LogP contribution is -2.20. The third-order valence-electron chi connectivity index (χ3n) is 8.52. The molecule has 0 spiro atoms. The van der Waals surface area contributed by atoms with Crippen LogP contribution in [0, 0.1) is 5.92 Å². The van der Waals surface area contributed by atoms with Crippen LogP contribution >= 0.6 is 0 Å². The van der Waals surface area contributed by atoms with E-state index in [-0.39, 0.29) is 12.2 Å². The maximum atomic E-state index is 10.3. The fraction of sp³-hybridized carbons (Fsp3) is 0.829. The van der Waals surface area contributed by atoms with Gasteiger partial charge in [0.1, 0.15) is 5.75 Å². The van der Waals surface area contributed by atoms with Crippen molar-refractivity contribution in [2.75, 3.05) is 7.11 Å². The quantitative estimate of drug-likeness (QED) is 0.0957. The molecule has 4 heteroatoms. The molecule has 0 aromatic heterocycles. The summed E-state index contributed by atoms with van der Waals surface area (Å²) in [5, 5.41) is 29.9. The van der Waals surface area contributed by atoms with Crippen LogP contribution in [-0.4, -0.2) is 40.7 Å². The van der Waals surface area contributed by atoms with Crippen molar-refractivity contribution in [1.82, 2.24) is 0 Å². The number of phenolic OH excluding ortho intramolecular Hbond substituents is 1. The predicted molar refractivity (Wildman–Crippen MR) is 166 cm³/mol. The highest BCUT2D eigenvalue weighted by Gasteiger charge is 2.15. The molecule has 0 heterocycles. The lowest BCUT2D eigenvalue weighted by Gasteiger charge is -2.21. The Morgan fingerprint density at radius 2 is 1.03 bits per heavy atom. The second-order valence-corrected chi connectivity index (χ2v) is 12.1. The van der Waals surface area contributed by atoms with Gasteiger partial charge in [-0.15, -0.1) is 0 Å². The Morgan fingerprint density at radius 3 is 1.49 bits per heavy atom. The fourth-order valence-corrected chi connectivity index (χ4v) is 5.88. The Balaban J connectivity index is 1.81. The lowest BCUT2D eigenvalue weighted by molar-refractivity contribution is 0.0495. The zero-order chi connectivity index (χ0) is 28.6. The lowest BCUT2D eigenvalue weighted by atomic mass is 9.94. The number of benzene rings is 1. The van der Waals surface area contributed by atoms with Gasteiger partial charge in [0.15, 0.2) is 0 Å². The average molecular weight is 549 g/mol. The Kier molecular flexibility index (Phi) is 22.7. The molecule has 1 aromatic carbocycles. The van der Waals surface area contributed by atoms with Crippen molar-refractivity contribution in [3.05, 3.63) is 29.8 Å². The first-order valence-corrected chi connectivity index (χ1v) is 16.6. The summed E-state index contributed by atoms with van der Waals surface area (Å²) in [7, 11) is 1.80. The summed E-state index contributed by atoms with van der Waals surface area (Å²) in [6, 6.07) is 7.63. The van der Waals surface area contributed by atoms with E-state index in [0.29, 0.717) is 24.2 Å². The first-order chi connectivity index (χ1) is 19.0. The number of hydrogen-bond donors (Lipinski definition) is 3. The van der Waals surface area contributed by atoms with Crippen LogP contribution in [0.1, 0.15) is 154 Å². The Morgan fingerprint density at radius 1 is 0.615 bits per heavy atom. The number of rotatable bonds is 27. The zero-order valence-electron chi connectivity index (χ0n) is 25.9. The molecule has 0 saturated heterocycles. The van der Waals surface area contributed by atoms with E-state index < -0.39 is 0 Å². The third kappa shape index (κ3) is 20.4. The molecule has 228 valence electrons. The van der Waals surface area contributed by atoms with E-state index in [0.717, 1.165) is 51.4 Å². The first-order valence-electron chi connectivity index (χ1n) is 16.6. The largest absolute Gasteiger partial charge is 0.508 e. The van der Waals surface area contributed by atoms with Crippen molar-refractivity contribution in [3.8, 4) is 5.75 Å². The van der Waals surface area contributed by atoms with Crippen LogP contribution in [0.15, 0.2) is 24.3 Å². The minimum Gasteiger partial charge on any atom is -0.508 e. The van der Waals surface area contributed by atoms with Crippen molar-refractivity contribution >= 4 is 0 Å². The number of hydrogen-bond acceptors (Lipinski definition) is 4. The van der Waals surface area contributed by atoms with Gasteiger partial charge in [0.2, 0.25) is 0 Å². The molecular weight excluding hydrogens is 484 g/mol. The van der Waals surface area contributed by atoms with Gasteiger partial charge in [-0.1, -0.05) is 122 Å². The monoisotopic (exact) mass is 548 g/mol. The number of unbranched alkanes of at least 4 members (excludes halogenated alkanes) is 14. The number of ether oxygens (including phenoxy) is 1. The number of aliphatic hydroxyl groups is 2. The molecule has 3 N–H and O–H groups in total. The molecule has 1 aromatic rings. The van der Waals surface area contributed by atoms with Gasteiger partial charge in [-0.05, 0) is 68.6 Å². The van der Waals surface area contributed by atoms with E-state index in [9.17, 15) is 15.3 Å². The number of aliphatic hydroxyl groups excluding tert-OH is 2. The molecule has 0 fully saturated rings. The van der Waals surface area contributed by atoms with E-state index in [1.54, 1.807) is 19.2 Å². The molecular formula is C35H64O4. The van der Waals surface area contributed by atoms with Crippen LogP contribution in [0.4, 0.5) is 0 Å². The first kappa shape index (κ1) is 35.9. The highest BCUT2D eigenvalue weighted by atomic mass is 16.5. The van der Waals surface area contributed by atoms with Crippen molar-refractivity contribution in [2.24, 2.45) is 5.92 Å². The second kappa shape index (κ2) is 24.7. The molecule has 0 amide bonds. The Hall–Kier alpha value is -1.10. The summed E-state index contributed by atoms with van der Waals surface area (Å²) < 4.78 is 5.52. The summed E-state index contributed by atoms with van der Waals surface area (Å²) in [6.45, 7) is 4.43. The van der Waals surface area contributed by atoms with Crippen molar-refractivity contribution in [1.29, 1.82) is 0 Å². The van der Waals surface area contributed by atoms with Gasteiger partial charge in [0.05, 0.1) is 18.3 Å². The van der Waals surface area contributed by atoms with E-state index in [2.05, 4.69) is 13.8 Å². The van der Waals surface area contributed by atoms with Crippen LogP contribution < -0.4 is 0 Å².